The Bertz CT molecular complexity index is 603. The summed E-state index contributed by atoms with van der Waals surface area (Å²) in [5, 5.41) is 5.77. The lowest BCUT2D eigenvalue weighted by molar-refractivity contribution is 0.248. The van der Waals surface area contributed by atoms with E-state index in [0.29, 0.717) is 5.82 Å². The van der Waals surface area contributed by atoms with E-state index in [1.54, 1.807) is 12.3 Å². The fourth-order valence-electron chi connectivity index (χ4n) is 2.24. The van der Waals surface area contributed by atoms with Gasteiger partial charge in [0.15, 0.2) is 0 Å². The summed E-state index contributed by atoms with van der Waals surface area (Å²) in [7, 11) is 0. The predicted molar refractivity (Wildman–Crippen MR) is 80.9 cm³/mol. The van der Waals surface area contributed by atoms with Crippen molar-refractivity contribution in [2.24, 2.45) is 0 Å². The number of benzene rings is 1. The van der Waals surface area contributed by atoms with Crippen LogP contribution in [0.15, 0.2) is 53.6 Å². The van der Waals surface area contributed by atoms with Gasteiger partial charge in [-0.2, -0.15) is 0 Å². The Kier molecular flexibility index (Phi) is 3.87. The minimum Gasteiger partial charge on any atom is -0.331 e. The maximum Gasteiger partial charge on any atom is 0.320 e. The molecule has 0 unspecified atom stereocenters. The highest BCUT2D eigenvalue weighted by molar-refractivity contribution is 7.99. The molecule has 1 atom stereocenters. The lowest BCUT2D eigenvalue weighted by atomic mass is 10.0. The van der Waals surface area contributed by atoms with Crippen molar-refractivity contribution in [3.63, 3.8) is 0 Å². The third kappa shape index (κ3) is 2.93. The number of thioether (sulfide) groups is 1. The molecule has 102 valence electrons. The van der Waals surface area contributed by atoms with Gasteiger partial charge in [0.1, 0.15) is 5.82 Å². The van der Waals surface area contributed by atoms with Crippen molar-refractivity contribution in [3.8, 4) is 0 Å². The molecule has 0 saturated carbocycles. The van der Waals surface area contributed by atoms with Crippen molar-refractivity contribution >= 4 is 23.6 Å². The molecule has 0 aliphatic carbocycles. The number of hydrogen-bond donors (Lipinski definition) is 2. The lowest BCUT2D eigenvalue weighted by Crippen LogP contribution is -2.34. The Labute approximate surface area is 122 Å². The fraction of sp³-hybridized carbons (Fsp3) is 0.200. The van der Waals surface area contributed by atoms with Crippen LogP contribution in [0.1, 0.15) is 18.0 Å². The van der Waals surface area contributed by atoms with E-state index in [1.165, 1.54) is 10.5 Å². The van der Waals surface area contributed by atoms with Crippen molar-refractivity contribution in [2.45, 2.75) is 17.4 Å². The Morgan fingerprint density at radius 3 is 2.90 bits per heavy atom. The fourth-order valence-corrected chi connectivity index (χ4v) is 3.36. The van der Waals surface area contributed by atoms with Gasteiger partial charge in [0, 0.05) is 16.8 Å². The molecule has 2 aromatic rings. The molecule has 1 aromatic heterocycles. The number of rotatable bonds is 2. The van der Waals surface area contributed by atoms with E-state index in [2.05, 4.69) is 27.8 Å². The first-order chi connectivity index (χ1) is 9.83. The molecule has 1 aliphatic heterocycles. The monoisotopic (exact) mass is 285 g/mol. The summed E-state index contributed by atoms with van der Waals surface area (Å²) < 4.78 is 0. The normalized spacial score (nSPS) is 17.1. The van der Waals surface area contributed by atoms with Gasteiger partial charge in [0.05, 0.1) is 6.04 Å². The van der Waals surface area contributed by atoms with Gasteiger partial charge in [0.2, 0.25) is 0 Å². The van der Waals surface area contributed by atoms with Crippen molar-refractivity contribution in [3.05, 3.63) is 54.2 Å². The SMILES string of the molecule is O=C(Nc1ccccn1)N[C@@H]1CCSc2ccccc21. The smallest absolute Gasteiger partial charge is 0.320 e. The number of nitrogens with one attached hydrogen (secondary N) is 2. The van der Waals surface area contributed by atoms with Gasteiger partial charge in [-0.3, -0.25) is 5.32 Å². The summed E-state index contributed by atoms with van der Waals surface area (Å²) in [6, 6.07) is 13.5. The average molecular weight is 285 g/mol. The van der Waals surface area contributed by atoms with Crippen molar-refractivity contribution in [2.75, 3.05) is 11.1 Å². The van der Waals surface area contributed by atoms with Gasteiger partial charge in [0.25, 0.3) is 0 Å². The van der Waals surface area contributed by atoms with Gasteiger partial charge in [-0.15, -0.1) is 11.8 Å². The Morgan fingerprint density at radius 2 is 2.05 bits per heavy atom. The van der Waals surface area contributed by atoms with E-state index in [1.807, 2.05) is 36.0 Å². The molecule has 0 radical (unpaired) electrons. The summed E-state index contributed by atoms with van der Waals surface area (Å²) in [5.74, 6) is 1.58. The van der Waals surface area contributed by atoms with E-state index in [9.17, 15) is 4.79 Å². The third-order valence-electron chi connectivity index (χ3n) is 3.17. The maximum atomic E-state index is 12.0. The molecule has 3 rings (SSSR count). The number of nitrogens with zero attached hydrogens (tertiary/aromatic N) is 1. The second-order valence-electron chi connectivity index (χ2n) is 4.54. The zero-order valence-corrected chi connectivity index (χ0v) is 11.7. The second-order valence-corrected chi connectivity index (χ2v) is 5.68. The zero-order chi connectivity index (χ0) is 13.8. The first kappa shape index (κ1) is 13.0. The van der Waals surface area contributed by atoms with Crippen LogP contribution in [0.2, 0.25) is 0 Å². The van der Waals surface area contributed by atoms with E-state index >= 15 is 0 Å². The van der Waals surface area contributed by atoms with E-state index in [4.69, 9.17) is 0 Å². The number of urea groups is 1. The molecule has 2 amide bonds. The number of hydrogen-bond acceptors (Lipinski definition) is 3. The van der Waals surface area contributed by atoms with E-state index in [-0.39, 0.29) is 12.1 Å². The number of fused-ring (bicyclic) bond motifs is 1. The molecular weight excluding hydrogens is 270 g/mol. The van der Waals surface area contributed by atoms with Gasteiger partial charge in [-0.1, -0.05) is 24.3 Å². The van der Waals surface area contributed by atoms with Crippen molar-refractivity contribution < 1.29 is 4.79 Å². The zero-order valence-electron chi connectivity index (χ0n) is 10.9. The molecule has 0 bridgehead atoms. The molecule has 0 fully saturated rings. The van der Waals surface area contributed by atoms with Crippen molar-refractivity contribution in [1.29, 1.82) is 0 Å². The number of carbonyl (C=O) groups excluding carboxylic acids is 1. The van der Waals surface area contributed by atoms with Crippen LogP contribution in [0.3, 0.4) is 0 Å². The van der Waals surface area contributed by atoms with Crippen molar-refractivity contribution in [1.82, 2.24) is 10.3 Å². The summed E-state index contributed by atoms with van der Waals surface area (Å²) in [6.07, 6.45) is 2.60. The molecular formula is C15H15N3OS. The predicted octanol–water partition coefficient (Wildman–Crippen LogP) is 3.44. The van der Waals surface area contributed by atoms with Crippen LogP contribution in [0.4, 0.5) is 10.6 Å². The Hall–Kier alpha value is -2.01. The molecule has 0 saturated heterocycles. The Morgan fingerprint density at radius 1 is 1.20 bits per heavy atom. The van der Waals surface area contributed by atoms with Crippen LogP contribution in [0.25, 0.3) is 0 Å². The van der Waals surface area contributed by atoms with Crippen LogP contribution in [0, 0.1) is 0 Å². The van der Waals surface area contributed by atoms with Crippen LogP contribution in [0.5, 0.6) is 0 Å². The average Bonchev–Trinajstić information content (AvgIpc) is 2.48. The highest BCUT2D eigenvalue weighted by Gasteiger charge is 2.21. The number of carbonyl (C=O) groups is 1. The molecule has 5 heteroatoms. The number of anilines is 1. The van der Waals surface area contributed by atoms with Gasteiger partial charge < -0.3 is 5.32 Å². The third-order valence-corrected chi connectivity index (χ3v) is 4.29. The van der Waals surface area contributed by atoms with Gasteiger partial charge in [-0.05, 0) is 30.2 Å². The van der Waals surface area contributed by atoms with E-state index < -0.39 is 0 Å². The second kappa shape index (κ2) is 5.96. The lowest BCUT2D eigenvalue weighted by Gasteiger charge is -2.25. The summed E-state index contributed by atoms with van der Waals surface area (Å²) in [5.41, 5.74) is 1.19. The molecule has 4 nitrogen and oxygen atoms in total. The maximum absolute atomic E-state index is 12.0. The minimum absolute atomic E-state index is 0.0659. The van der Waals surface area contributed by atoms with Crippen LogP contribution in [-0.4, -0.2) is 16.8 Å². The minimum atomic E-state index is -0.213. The first-order valence-electron chi connectivity index (χ1n) is 6.53. The van der Waals surface area contributed by atoms with Gasteiger partial charge >= 0.3 is 6.03 Å². The number of aromatic nitrogens is 1. The van der Waals surface area contributed by atoms with Gasteiger partial charge in [-0.25, -0.2) is 9.78 Å². The summed E-state index contributed by atoms with van der Waals surface area (Å²) in [6.45, 7) is 0. The number of pyridine rings is 1. The highest BCUT2D eigenvalue weighted by atomic mass is 32.2. The Balaban J connectivity index is 1.68. The molecule has 0 spiro atoms. The standard InChI is InChI=1S/C15H15N3OS/c19-15(18-14-7-3-4-9-16-14)17-12-8-10-20-13-6-2-1-5-11(12)13/h1-7,9,12H,8,10H2,(H2,16,17,18,19)/t12-/m1/s1. The number of amides is 2. The molecule has 1 aromatic carbocycles. The summed E-state index contributed by atoms with van der Waals surface area (Å²) in [4.78, 5) is 17.4. The van der Waals surface area contributed by atoms with Crippen LogP contribution >= 0.6 is 11.8 Å². The quantitative estimate of drug-likeness (QED) is 0.888. The summed E-state index contributed by atoms with van der Waals surface area (Å²) >= 11 is 1.84. The molecule has 2 N–H and O–H groups in total. The van der Waals surface area contributed by atoms with Crippen LogP contribution in [-0.2, 0) is 0 Å². The first-order valence-corrected chi connectivity index (χ1v) is 7.52. The molecule has 1 aliphatic rings. The molecule has 2 heterocycles. The highest BCUT2D eigenvalue weighted by Crippen LogP contribution is 2.35. The van der Waals surface area contributed by atoms with E-state index in [0.717, 1.165) is 12.2 Å². The van der Waals surface area contributed by atoms with Crippen LogP contribution < -0.4 is 10.6 Å². The topological polar surface area (TPSA) is 54.0 Å². The molecule has 20 heavy (non-hydrogen) atoms. The largest absolute Gasteiger partial charge is 0.331 e.